The number of carbonyl (C=O) groups excluding carboxylic acids is 2. The summed E-state index contributed by atoms with van der Waals surface area (Å²) in [6.07, 6.45) is 1.75. The first kappa shape index (κ1) is 21.6. The maximum Gasteiger partial charge on any atom is 0.341 e. The van der Waals surface area contributed by atoms with Crippen LogP contribution in [0.5, 0.6) is 11.5 Å². The lowest BCUT2D eigenvalue weighted by molar-refractivity contribution is -0.111. The number of benzene rings is 3. The summed E-state index contributed by atoms with van der Waals surface area (Å²) < 4.78 is 10.1. The molecule has 6 nitrogen and oxygen atoms in total. The van der Waals surface area contributed by atoms with E-state index in [1.807, 2.05) is 61.5 Å². The summed E-state index contributed by atoms with van der Waals surface area (Å²) in [7, 11) is 1.22. The highest BCUT2D eigenvalue weighted by atomic mass is 16.5. The van der Waals surface area contributed by atoms with Crippen molar-refractivity contribution in [3.05, 3.63) is 89.5 Å². The molecule has 0 aliphatic heterocycles. The zero-order chi connectivity index (χ0) is 22.2. The molecule has 0 unspecified atom stereocenters. The summed E-state index contributed by atoms with van der Waals surface area (Å²) in [6.45, 7) is 2.48. The molecule has 158 valence electrons. The van der Waals surface area contributed by atoms with E-state index in [0.29, 0.717) is 17.7 Å². The average molecular weight is 417 g/mol. The van der Waals surface area contributed by atoms with Crippen LogP contribution in [0.3, 0.4) is 0 Å². The van der Waals surface area contributed by atoms with Gasteiger partial charge in [0.15, 0.2) is 5.75 Å². The van der Waals surface area contributed by atoms with Gasteiger partial charge in [0.25, 0.3) is 5.91 Å². The molecule has 0 aromatic heterocycles. The molecule has 0 aliphatic rings. The Hall–Kier alpha value is -4.06. The minimum Gasteiger partial charge on any atom is -0.505 e. The highest BCUT2D eigenvalue weighted by Crippen LogP contribution is 2.30. The fourth-order valence-electron chi connectivity index (χ4n) is 3.00. The van der Waals surface area contributed by atoms with Gasteiger partial charge in [-0.1, -0.05) is 48.5 Å². The minimum atomic E-state index is -0.693. The molecule has 3 rings (SSSR count). The zero-order valence-electron chi connectivity index (χ0n) is 17.3. The largest absolute Gasteiger partial charge is 0.505 e. The molecule has 31 heavy (non-hydrogen) atoms. The summed E-state index contributed by atoms with van der Waals surface area (Å²) in [5.74, 6) is -0.731. The summed E-state index contributed by atoms with van der Waals surface area (Å²) in [4.78, 5) is 25.0. The molecule has 0 saturated carbocycles. The number of para-hydroxylation sites is 1. The first-order chi connectivity index (χ1) is 15.0. The first-order valence-corrected chi connectivity index (χ1v) is 9.75. The lowest BCUT2D eigenvalue weighted by Gasteiger charge is -2.13. The van der Waals surface area contributed by atoms with Crippen molar-refractivity contribution in [2.75, 3.05) is 19.0 Å². The van der Waals surface area contributed by atoms with Gasteiger partial charge in [0.05, 0.1) is 19.4 Å². The number of aromatic hydroxyl groups is 1. The van der Waals surface area contributed by atoms with E-state index in [-0.39, 0.29) is 17.0 Å². The number of hydrogen-bond acceptors (Lipinski definition) is 5. The molecule has 1 amide bonds. The summed E-state index contributed by atoms with van der Waals surface area (Å²) >= 11 is 0. The molecule has 6 heteroatoms. The Labute approximate surface area is 180 Å². The monoisotopic (exact) mass is 417 g/mol. The van der Waals surface area contributed by atoms with Gasteiger partial charge in [0, 0.05) is 5.57 Å². The van der Waals surface area contributed by atoms with Crippen LogP contribution in [0.25, 0.3) is 11.6 Å². The number of rotatable bonds is 7. The van der Waals surface area contributed by atoms with Gasteiger partial charge in [-0.2, -0.15) is 0 Å². The van der Waals surface area contributed by atoms with Crippen LogP contribution < -0.4 is 10.1 Å². The Balaban J connectivity index is 1.95. The van der Waals surface area contributed by atoms with Crippen molar-refractivity contribution in [3.63, 3.8) is 0 Å². The molecule has 0 spiro atoms. The molecule has 0 heterocycles. The average Bonchev–Trinajstić information content (AvgIpc) is 2.80. The van der Waals surface area contributed by atoms with E-state index in [1.165, 1.54) is 19.2 Å². The Morgan fingerprint density at radius 2 is 1.68 bits per heavy atom. The van der Waals surface area contributed by atoms with Gasteiger partial charge in [-0.05, 0) is 48.4 Å². The number of hydrogen-bond donors (Lipinski definition) is 2. The topological polar surface area (TPSA) is 84.9 Å². The standard InChI is InChI=1S/C25H23NO5/c1-3-31-19-14-12-17(13-15-19)16-21(18-8-5-4-6-9-18)24(28)26-22-11-7-10-20(23(22)27)25(29)30-2/h4-16,27H,3H2,1-2H3,(H,26,28)/b21-16+. The third kappa shape index (κ3) is 5.30. The molecule has 0 fully saturated rings. The van der Waals surface area contributed by atoms with Crippen molar-refractivity contribution >= 4 is 29.2 Å². The minimum absolute atomic E-state index is 0.0305. The third-order valence-corrected chi connectivity index (χ3v) is 4.52. The third-order valence-electron chi connectivity index (χ3n) is 4.52. The van der Waals surface area contributed by atoms with Crippen molar-refractivity contribution in [2.45, 2.75) is 6.92 Å². The highest BCUT2D eigenvalue weighted by Gasteiger charge is 2.18. The Morgan fingerprint density at radius 3 is 2.32 bits per heavy atom. The van der Waals surface area contributed by atoms with E-state index >= 15 is 0 Å². The predicted octanol–water partition coefficient (Wildman–Crippen LogP) is 4.76. The fraction of sp³-hybridized carbons (Fsp3) is 0.120. The number of nitrogens with one attached hydrogen (secondary N) is 1. The van der Waals surface area contributed by atoms with Gasteiger partial charge in [0.2, 0.25) is 0 Å². The molecule has 3 aromatic carbocycles. The first-order valence-electron chi connectivity index (χ1n) is 9.75. The number of ether oxygens (including phenoxy) is 2. The highest BCUT2D eigenvalue weighted by molar-refractivity contribution is 6.29. The van der Waals surface area contributed by atoms with Crippen molar-refractivity contribution in [2.24, 2.45) is 0 Å². The number of phenols is 1. The van der Waals surface area contributed by atoms with Crippen molar-refractivity contribution in [3.8, 4) is 11.5 Å². The van der Waals surface area contributed by atoms with E-state index in [0.717, 1.165) is 11.3 Å². The summed E-state index contributed by atoms with van der Waals surface area (Å²) in [6, 6.07) is 21.1. The number of amides is 1. The number of esters is 1. The van der Waals surface area contributed by atoms with Gasteiger partial charge >= 0.3 is 5.97 Å². The van der Waals surface area contributed by atoms with Crippen LogP contribution in [0.1, 0.15) is 28.4 Å². The van der Waals surface area contributed by atoms with Crippen LogP contribution in [0.15, 0.2) is 72.8 Å². The van der Waals surface area contributed by atoms with Gasteiger partial charge in [0.1, 0.15) is 11.3 Å². The van der Waals surface area contributed by atoms with Gasteiger partial charge in [-0.25, -0.2) is 4.79 Å². The lowest BCUT2D eigenvalue weighted by atomic mass is 10.0. The smallest absolute Gasteiger partial charge is 0.341 e. The summed E-state index contributed by atoms with van der Waals surface area (Å²) in [5, 5.41) is 13.1. The molecule has 0 saturated heterocycles. The molecule has 2 N–H and O–H groups in total. The van der Waals surface area contributed by atoms with Crippen molar-refractivity contribution in [1.29, 1.82) is 0 Å². The van der Waals surface area contributed by atoms with Crippen molar-refractivity contribution in [1.82, 2.24) is 0 Å². The van der Waals surface area contributed by atoms with E-state index in [2.05, 4.69) is 10.1 Å². The fourth-order valence-corrected chi connectivity index (χ4v) is 3.00. The van der Waals surface area contributed by atoms with Gasteiger partial charge in [-0.3, -0.25) is 4.79 Å². The SMILES string of the molecule is CCOc1ccc(/C=C(/C(=O)Nc2cccc(C(=O)OC)c2O)c2ccccc2)cc1. The van der Waals surface area contributed by atoms with Gasteiger partial charge in [-0.15, -0.1) is 0 Å². The zero-order valence-corrected chi connectivity index (χ0v) is 17.3. The Kier molecular flexibility index (Phi) is 7.06. The number of carbonyl (C=O) groups is 2. The van der Waals surface area contributed by atoms with Crippen LogP contribution in [-0.4, -0.2) is 30.7 Å². The Bertz CT molecular complexity index is 1090. The molecular formula is C25H23NO5. The predicted molar refractivity (Wildman–Crippen MR) is 120 cm³/mol. The quantitative estimate of drug-likeness (QED) is 0.251. The van der Waals surface area contributed by atoms with E-state index in [9.17, 15) is 14.7 Å². The van der Waals surface area contributed by atoms with Crippen LogP contribution in [0, 0.1) is 0 Å². The molecule has 0 radical (unpaired) electrons. The van der Waals surface area contributed by atoms with Crippen LogP contribution in [0.4, 0.5) is 5.69 Å². The number of anilines is 1. The number of phenolic OH excluding ortho intramolecular Hbond substituents is 1. The Morgan fingerprint density at radius 1 is 0.968 bits per heavy atom. The molecule has 3 aromatic rings. The van der Waals surface area contributed by atoms with Crippen molar-refractivity contribution < 1.29 is 24.2 Å². The van der Waals surface area contributed by atoms with E-state index in [4.69, 9.17) is 4.74 Å². The van der Waals surface area contributed by atoms with E-state index < -0.39 is 11.9 Å². The second-order valence-electron chi connectivity index (χ2n) is 6.57. The molecule has 0 aliphatic carbocycles. The molecule has 0 bridgehead atoms. The van der Waals surface area contributed by atoms with E-state index in [1.54, 1.807) is 12.1 Å². The van der Waals surface area contributed by atoms with Crippen LogP contribution in [-0.2, 0) is 9.53 Å². The molecule has 0 atom stereocenters. The van der Waals surface area contributed by atoms with Gasteiger partial charge < -0.3 is 19.9 Å². The summed E-state index contributed by atoms with van der Waals surface area (Å²) in [5.41, 5.74) is 1.99. The van der Waals surface area contributed by atoms with Crippen LogP contribution >= 0.6 is 0 Å². The maximum absolute atomic E-state index is 13.2. The lowest BCUT2D eigenvalue weighted by Crippen LogP contribution is -2.14. The normalized spacial score (nSPS) is 11.0. The number of methoxy groups -OCH3 is 1. The second-order valence-corrected chi connectivity index (χ2v) is 6.57. The molecular weight excluding hydrogens is 394 g/mol. The maximum atomic E-state index is 13.2. The second kappa shape index (κ2) is 10.1. The van der Waals surface area contributed by atoms with Crippen LogP contribution in [0.2, 0.25) is 0 Å².